The fraction of sp³-hybridized carbons (Fsp3) is 0.227. The Morgan fingerprint density at radius 1 is 1.00 bits per heavy atom. The van der Waals surface area contributed by atoms with E-state index in [1.54, 1.807) is 18.0 Å². The molecule has 0 aliphatic carbocycles. The van der Waals surface area contributed by atoms with Gasteiger partial charge in [-0.2, -0.15) is 0 Å². The first-order chi connectivity index (χ1) is 13.0. The molecule has 5 heteroatoms. The van der Waals surface area contributed by atoms with E-state index in [0.29, 0.717) is 23.9 Å². The van der Waals surface area contributed by atoms with Crippen LogP contribution in [0.15, 0.2) is 66.7 Å². The number of nitrogens with one attached hydrogen (secondary N) is 1. The first kappa shape index (κ1) is 18.6. The van der Waals surface area contributed by atoms with Gasteiger partial charge in [-0.25, -0.2) is 9.97 Å². The van der Waals surface area contributed by atoms with E-state index in [1.807, 2.05) is 74.5 Å². The van der Waals surface area contributed by atoms with E-state index in [4.69, 9.17) is 0 Å². The number of carbonyl (C=O) groups is 1. The molecule has 138 valence electrons. The van der Waals surface area contributed by atoms with Gasteiger partial charge < -0.3 is 10.2 Å². The van der Waals surface area contributed by atoms with Gasteiger partial charge in [-0.05, 0) is 19.4 Å². The molecular weight excluding hydrogens is 336 g/mol. The van der Waals surface area contributed by atoms with Crippen LogP contribution >= 0.6 is 0 Å². The Morgan fingerprint density at radius 2 is 1.63 bits per heavy atom. The van der Waals surface area contributed by atoms with Crippen LogP contribution in [-0.2, 0) is 6.54 Å². The molecule has 0 radical (unpaired) electrons. The second-order valence-corrected chi connectivity index (χ2v) is 6.77. The van der Waals surface area contributed by atoms with Gasteiger partial charge in [-0.1, -0.05) is 60.7 Å². The molecule has 0 atom stereocenters. The third-order valence-corrected chi connectivity index (χ3v) is 4.02. The first-order valence-electron chi connectivity index (χ1n) is 9.03. The average molecular weight is 360 g/mol. The van der Waals surface area contributed by atoms with Gasteiger partial charge in [0.25, 0.3) is 5.91 Å². The molecule has 0 saturated carbocycles. The van der Waals surface area contributed by atoms with Crippen molar-refractivity contribution in [2.45, 2.75) is 26.4 Å². The summed E-state index contributed by atoms with van der Waals surface area (Å²) in [6.45, 7) is 4.60. The van der Waals surface area contributed by atoms with Crippen molar-refractivity contribution in [3.63, 3.8) is 0 Å². The van der Waals surface area contributed by atoms with Gasteiger partial charge in [0, 0.05) is 31.3 Å². The summed E-state index contributed by atoms with van der Waals surface area (Å²) in [5, 5.41) is 3.28. The number of hydrogen-bond acceptors (Lipinski definition) is 4. The lowest BCUT2D eigenvalue weighted by Gasteiger charge is -2.18. The molecular formula is C22H24N4O. The number of carbonyl (C=O) groups excluding carboxylic acids is 1. The van der Waals surface area contributed by atoms with Crippen LogP contribution < -0.4 is 5.32 Å². The molecule has 0 bridgehead atoms. The number of benzene rings is 2. The van der Waals surface area contributed by atoms with Crippen LogP contribution in [0.25, 0.3) is 11.4 Å². The second-order valence-electron chi connectivity index (χ2n) is 6.77. The highest BCUT2D eigenvalue weighted by Gasteiger charge is 2.17. The average Bonchev–Trinajstić information content (AvgIpc) is 2.68. The zero-order chi connectivity index (χ0) is 19.2. The summed E-state index contributed by atoms with van der Waals surface area (Å²) in [6, 6.07) is 21.5. The molecule has 0 aliphatic heterocycles. The third-order valence-electron chi connectivity index (χ3n) is 4.02. The zero-order valence-electron chi connectivity index (χ0n) is 15.9. The fourth-order valence-corrected chi connectivity index (χ4v) is 2.77. The Balaban J connectivity index is 1.91. The lowest BCUT2D eigenvalue weighted by Crippen LogP contribution is -2.27. The van der Waals surface area contributed by atoms with Crippen molar-refractivity contribution in [3.05, 3.63) is 78.0 Å². The molecule has 0 aliphatic rings. The van der Waals surface area contributed by atoms with Crippen molar-refractivity contribution >= 4 is 11.7 Å². The number of hydrogen-bond donors (Lipinski definition) is 1. The number of nitrogens with zero attached hydrogens (tertiary/aromatic N) is 3. The van der Waals surface area contributed by atoms with Crippen molar-refractivity contribution in [2.24, 2.45) is 0 Å². The molecule has 5 nitrogen and oxygen atoms in total. The van der Waals surface area contributed by atoms with Crippen molar-refractivity contribution < 1.29 is 4.79 Å². The second kappa shape index (κ2) is 8.45. The highest BCUT2D eigenvalue weighted by Crippen LogP contribution is 2.19. The number of anilines is 1. The smallest absolute Gasteiger partial charge is 0.272 e. The van der Waals surface area contributed by atoms with Gasteiger partial charge in [-0.3, -0.25) is 4.79 Å². The maximum absolute atomic E-state index is 13.0. The lowest BCUT2D eigenvalue weighted by atomic mass is 10.2. The number of rotatable bonds is 6. The van der Waals surface area contributed by atoms with Crippen LogP contribution in [0.3, 0.4) is 0 Å². The highest BCUT2D eigenvalue weighted by atomic mass is 16.2. The molecule has 0 saturated heterocycles. The summed E-state index contributed by atoms with van der Waals surface area (Å²) in [4.78, 5) is 23.8. The summed E-state index contributed by atoms with van der Waals surface area (Å²) in [6.07, 6.45) is 0. The van der Waals surface area contributed by atoms with Crippen LogP contribution in [0.1, 0.15) is 29.9 Å². The summed E-state index contributed by atoms with van der Waals surface area (Å²) >= 11 is 0. The Kier molecular flexibility index (Phi) is 5.81. The van der Waals surface area contributed by atoms with Crippen LogP contribution in [0.2, 0.25) is 0 Å². The highest BCUT2D eigenvalue weighted by molar-refractivity contribution is 5.93. The molecule has 1 N–H and O–H groups in total. The van der Waals surface area contributed by atoms with E-state index >= 15 is 0 Å². The third kappa shape index (κ3) is 4.91. The molecule has 1 amide bonds. The van der Waals surface area contributed by atoms with Crippen molar-refractivity contribution in [1.82, 2.24) is 14.9 Å². The normalized spacial score (nSPS) is 10.7. The van der Waals surface area contributed by atoms with Gasteiger partial charge in [-0.15, -0.1) is 0 Å². The van der Waals surface area contributed by atoms with Crippen LogP contribution in [0.4, 0.5) is 5.82 Å². The Morgan fingerprint density at radius 3 is 2.26 bits per heavy atom. The molecule has 0 unspecified atom stereocenters. The maximum Gasteiger partial charge on any atom is 0.272 e. The Bertz CT molecular complexity index is 895. The van der Waals surface area contributed by atoms with Gasteiger partial charge in [0.05, 0.1) is 0 Å². The molecule has 3 rings (SSSR count). The van der Waals surface area contributed by atoms with E-state index in [2.05, 4.69) is 15.3 Å². The Hall–Kier alpha value is -3.21. The van der Waals surface area contributed by atoms with Crippen LogP contribution in [0.5, 0.6) is 0 Å². The molecule has 3 aromatic rings. The minimum absolute atomic E-state index is 0.134. The van der Waals surface area contributed by atoms with Crippen LogP contribution in [0, 0.1) is 0 Å². The maximum atomic E-state index is 13.0. The topological polar surface area (TPSA) is 58.1 Å². The minimum atomic E-state index is -0.134. The van der Waals surface area contributed by atoms with Gasteiger partial charge in [0.1, 0.15) is 11.5 Å². The Labute approximate surface area is 160 Å². The molecule has 0 fully saturated rings. The van der Waals surface area contributed by atoms with Gasteiger partial charge in [0.15, 0.2) is 5.82 Å². The largest absolute Gasteiger partial charge is 0.368 e. The molecule has 1 heterocycles. The van der Waals surface area contributed by atoms with E-state index in [0.717, 1.165) is 11.1 Å². The lowest BCUT2D eigenvalue weighted by molar-refractivity contribution is 0.0779. The van der Waals surface area contributed by atoms with Crippen molar-refractivity contribution in [2.75, 3.05) is 12.4 Å². The summed E-state index contributed by atoms with van der Waals surface area (Å²) in [5.74, 6) is 1.05. The molecule has 27 heavy (non-hydrogen) atoms. The minimum Gasteiger partial charge on any atom is -0.368 e. The van der Waals surface area contributed by atoms with E-state index in [-0.39, 0.29) is 11.9 Å². The fourth-order valence-electron chi connectivity index (χ4n) is 2.77. The monoisotopic (exact) mass is 360 g/mol. The van der Waals surface area contributed by atoms with Crippen molar-refractivity contribution in [3.8, 4) is 11.4 Å². The zero-order valence-corrected chi connectivity index (χ0v) is 15.9. The van der Waals surface area contributed by atoms with E-state index < -0.39 is 0 Å². The summed E-state index contributed by atoms with van der Waals surface area (Å²) in [7, 11) is 1.79. The summed E-state index contributed by atoms with van der Waals surface area (Å²) in [5.41, 5.74) is 2.33. The molecule has 1 aromatic heterocycles. The van der Waals surface area contributed by atoms with Crippen molar-refractivity contribution in [1.29, 1.82) is 0 Å². The van der Waals surface area contributed by atoms with E-state index in [9.17, 15) is 4.79 Å². The van der Waals surface area contributed by atoms with Gasteiger partial charge in [0.2, 0.25) is 0 Å². The number of amides is 1. The predicted octanol–water partition coefficient (Wildman–Crippen LogP) is 4.24. The van der Waals surface area contributed by atoms with E-state index in [1.165, 1.54) is 0 Å². The predicted molar refractivity (Wildman–Crippen MR) is 108 cm³/mol. The standard InChI is InChI=1S/C22H24N4O/c1-16(2)23-20-14-19(24-21(25-20)18-12-8-5-9-13-18)22(27)26(3)15-17-10-6-4-7-11-17/h4-14,16H,15H2,1-3H3,(H,23,24,25). The SMILES string of the molecule is CC(C)Nc1cc(C(=O)N(C)Cc2ccccc2)nc(-c2ccccc2)n1. The van der Waals surface area contributed by atoms with Gasteiger partial charge >= 0.3 is 0 Å². The molecule has 0 spiro atoms. The first-order valence-corrected chi connectivity index (χ1v) is 9.03. The number of aromatic nitrogens is 2. The quantitative estimate of drug-likeness (QED) is 0.714. The molecule has 2 aromatic carbocycles. The van der Waals surface area contributed by atoms with Crippen LogP contribution in [-0.4, -0.2) is 33.9 Å². The summed E-state index contributed by atoms with van der Waals surface area (Å²) < 4.78 is 0.